The number of aromatic nitrogens is 3. The second-order valence-electron chi connectivity index (χ2n) is 5.42. The molecule has 0 fully saturated rings. The van der Waals surface area contributed by atoms with Gasteiger partial charge in [0.2, 0.25) is 0 Å². The van der Waals surface area contributed by atoms with Crippen LogP contribution >= 0.6 is 11.3 Å². The van der Waals surface area contributed by atoms with E-state index in [4.69, 9.17) is 9.68 Å². The molecule has 0 saturated carbocycles. The lowest BCUT2D eigenvalue weighted by atomic mass is 10.1. The molecular formula is C19H11N5O2S. The molecule has 0 aliphatic heterocycles. The Labute approximate surface area is 158 Å². The fourth-order valence-electron chi connectivity index (χ4n) is 2.47. The van der Waals surface area contributed by atoms with E-state index >= 15 is 0 Å². The maximum absolute atomic E-state index is 12.3. The van der Waals surface area contributed by atoms with Crippen molar-refractivity contribution in [2.45, 2.75) is 0 Å². The summed E-state index contributed by atoms with van der Waals surface area (Å²) in [5.41, 5.74) is 2.59. The fourth-order valence-corrected chi connectivity index (χ4v) is 3.43. The van der Waals surface area contributed by atoms with Crippen molar-refractivity contribution in [3.05, 3.63) is 72.6 Å². The molecule has 4 rings (SSSR count). The van der Waals surface area contributed by atoms with E-state index in [9.17, 15) is 4.79 Å². The monoisotopic (exact) mass is 373 g/mol. The van der Waals surface area contributed by atoms with Crippen molar-refractivity contribution in [2.24, 2.45) is 0 Å². The van der Waals surface area contributed by atoms with E-state index in [1.54, 1.807) is 42.6 Å². The van der Waals surface area contributed by atoms with E-state index in [2.05, 4.69) is 26.3 Å². The number of carbonyl (C=O) groups excluding carboxylic acids is 1. The normalized spacial score (nSPS) is 10.3. The second kappa shape index (κ2) is 7.19. The zero-order valence-electron chi connectivity index (χ0n) is 13.8. The number of carbonyl (C=O) groups is 1. The first kappa shape index (κ1) is 16.6. The minimum atomic E-state index is -0.389. The summed E-state index contributed by atoms with van der Waals surface area (Å²) >= 11 is 1.29. The summed E-state index contributed by atoms with van der Waals surface area (Å²) in [4.78, 5) is 25.8. The third-order valence-corrected chi connectivity index (χ3v) is 4.67. The number of hydrogen-bond acceptors (Lipinski definition) is 7. The van der Waals surface area contributed by atoms with Crippen molar-refractivity contribution in [3.63, 3.8) is 0 Å². The van der Waals surface area contributed by atoms with Crippen LogP contribution in [0.15, 0.2) is 65.7 Å². The van der Waals surface area contributed by atoms with Gasteiger partial charge in [-0.25, -0.2) is 15.0 Å². The number of furan rings is 1. The highest BCUT2D eigenvalue weighted by atomic mass is 32.1. The first-order valence-corrected chi connectivity index (χ1v) is 8.69. The molecule has 0 radical (unpaired) electrons. The second-order valence-corrected chi connectivity index (χ2v) is 6.41. The lowest BCUT2D eigenvalue weighted by Gasteiger charge is -2.02. The SMILES string of the molecule is N#Cc1cccc(-c2nc(NC(=O)c3ccco3)sc2-c2ccncn2)c1. The van der Waals surface area contributed by atoms with Gasteiger partial charge in [0, 0.05) is 11.8 Å². The smallest absolute Gasteiger partial charge is 0.293 e. The quantitative estimate of drug-likeness (QED) is 0.580. The zero-order chi connectivity index (χ0) is 18.6. The molecule has 0 saturated heterocycles. The number of anilines is 1. The van der Waals surface area contributed by atoms with E-state index < -0.39 is 0 Å². The third kappa shape index (κ3) is 3.44. The van der Waals surface area contributed by atoms with E-state index in [1.165, 1.54) is 23.9 Å². The Morgan fingerprint density at radius 2 is 2.15 bits per heavy atom. The Hall–Kier alpha value is -3.83. The molecule has 1 amide bonds. The number of amides is 1. The largest absolute Gasteiger partial charge is 0.459 e. The molecule has 0 aliphatic carbocycles. The number of hydrogen-bond donors (Lipinski definition) is 1. The molecule has 0 unspecified atom stereocenters. The van der Waals surface area contributed by atoms with Gasteiger partial charge in [-0.05, 0) is 30.3 Å². The topological polar surface area (TPSA) is 105 Å². The molecule has 4 aromatic rings. The van der Waals surface area contributed by atoms with Crippen LogP contribution in [-0.4, -0.2) is 20.9 Å². The highest BCUT2D eigenvalue weighted by Crippen LogP contribution is 2.38. The lowest BCUT2D eigenvalue weighted by Crippen LogP contribution is -2.10. The van der Waals surface area contributed by atoms with Gasteiger partial charge in [-0.1, -0.05) is 23.5 Å². The van der Waals surface area contributed by atoms with Crippen molar-refractivity contribution in [1.29, 1.82) is 5.26 Å². The molecule has 3 aromatic heterocycles. The van der Waals surface area contributed by atoms with Gasteiger partial charge in [-0.3, -0.25) is 10.1 Å². The van der Waals surface area contributed by atoms with Crippen LogP contribution in [-0.2, 0) is 0 Å². The number of benzene rings is 1. The van der Waals surface area contributed by atoms with Gasteiger partial charge in [0.05, 0.1) is 34.2 Å². The Morgan fingerprint density at radius 3 is 2.89 bits per heavy atom. The van der Waals surface area contributed by atoms with Crippen molar-refractivity contribution >= 4 is 22.4 Å². The molecule has 7 nitrogen and oxygen atoms in total. The van der Waals surface area contributed by atoms with E-state index in [-0.39, 0.29) is 11.7 Å². The van der Waals surface area contributed by atoms with Crippen molar-refractivity contribution in [1.82, 2.24) is 15.0 Å². The van der Waals surface area contributed by atoms with Gasteiger partial charge in [-0.15, -0.1) is 0 Å². The number of rotatable bonds is 4. The summed E-state index contributed by atoms with van der Waals surface area (Å²) in [6, 6.07) is 14.2. The highest BCUT2D eigenvalue weighted by molar-refractivity contribution is 7.19. The molecule has 3 heterocycles. The molecule has 0 atom stereocenters. The van der Waals surface area contributed by atoms with Gasteiger partial charge in [0.1, 0.15) is 6.33 Å². The van der Waals surface area contributed by atoms with Gasteiger partial charge in [-0.2, -0.15) is 5.26 Å². The summed E-state index contributed by atoms with van der Waals surface area (Å²) in [7, 11) is 0. The maximum Gasteiger partial charge on any atom is 0.293 e. The molecule has 0 spiro atoms. The first-order valence-electron chi connectivity index (χ1n) is 7.87. The van der Waals surface area contributed by atoms with Crippen molar-refractivity contribution in [2.75, 3.05) is 5.32 Å². The third-order valence-electron chi connectivity index (χ3n) is 3.67. The number of nitrogens with zero attached hydrogens (tertiary/aromatic N) is 4. The molecule has 1 N–H and O–H groups in total. The molecule has 130 valence electrons. The van der Waals surface area contributed by atoms with Crippen molar-refractivity contribution < 1.29 is 9.21 Å². The van der Waals surface area contributed by atoms with Crippen LogP contribution in [0.3, 0.4) is 0 Å². The fraction of sp³-hybridized carbons (Fsp3) is 0. The molecule has 27 heavy (non-hydrogen) atoms. The van der Waals surface area contributed by atoms with Gasteiger partial charge in [0.25, 0.3) is 5.91 Å². The summed E-state index contributed by atoms with van der Waals surface area (Å²) in [6.07, 6.45) is 4.52. The van der Waals surface area contributed by atoms with Gasteiger partial charge < -0.3 is 4.42 Å². The Morgan fingerprint density at radius 1 is 1.22 bits per heavy atom. The van der Waals surface area contributed by atoms with Crippen LogP contribution in [0, 0.1) is 11.3 Å². The molecule has 0 aliphatic rings. The number of thiazole rings is 1. The predicted molar refractivity (Wildman–Crippen MR) is 100.0 cm³/mol. The molecule has 0 bridgehead atoms. The van der Waals surface area contributed by atoms with E-state index in [1.807, 2.05) is 6.07 Å². The minimum absolute atomic E-state index is 0.196. The van der Waals surface area contributed by atoms with Crippen LogP contribution in [0.5, 0.6) is 0 Å². The van der Waals surface area contributed by atoms with E-state index in [0.717, 1.165) is 10.4 Å². The summed E-state index contributed by atoms with van der Waals surface area (Å²) in [5.74, 6) is -0.192. The molecule has 8 heteroatoms. The van der Waals surface area contributed by atoms with Crippen LogP contribution < -0.4 is 5.32 Å². The molecule has 1 aromatic carbocycles. The highest BCUT2D eigenvalue weighted by Gasteiger charge is 2.19. The number of nitrogens with one attached hydrogen (secondary N) is 1. The van der Waals surface area contributed by atoms with Gasteiger partial charge >= 0.3 is 0 Å². The Kier molecular flexibility index (Phi) is 4.43. The van der Waals surface area contributed by atoms with Crippen LogP contribution in [0.25, 0.3) is 21.8 Å². The average Bonchev–Trinajstić information content (AvgIpc) is 3.39. The summed E-state index contributed by atoms with van der Waals surface area (Å²) in [6.45, 7) is 0. The minimum Gasteiger partial charge on any atom is -0.459 e. The van der Waals surface area contributed by atoms with Crippen molar-refractivity contribution in [3.8, 4) is 27.9 Å². The van der Waals surface area contributed by atoms with E-state index in [0.29, 0.717) is 22.1 Å². The van der Waals surface area contributed by atoms with Crippen LogP contribution in [0.2, 0.25) is 0 Å². The Bertz CT molecular complexity index is 1130. The number of nitriles is 1. The zero-order valence-corrected chi connectivity index (χ0v) is 14.6. The first-order chi connectivity index (χ1) is 13.2. The van der Waals surface area contributed by atoms with Gasteiger partial charge in [0.15, 0.2) is 10.9 Å². The summed E-state index contributed by atoms with van der Waals surface area (Å²) in [5, 5.41) is 12.3. The predicted octanol–water partition coefficient (Wildman–Crippen LogP) is 3.98. The molecular weight excluding hydrogens is 362 g/mol. The summed E-state index contributed by atoms with van der Waals surface area (Å²) < 4.78 is 5.11. The lowest BCUT2D eigenvalue weighted by molar-refractivity contribution is 0.0996. The van der Waals surface area contributed by atoms with Crippen LogP contribution in [0.4, 0.5) is 5.13 Å². The maximum atomic E-state index is 12.3. The average molecular weight is 373 g/mol. The standard InChI is InChI=1S/C19H11N5O2S/c20-10-12-3-1-4-13(9-12)16-17(14-6-7-21-11-22-14)27-19(23-16)24-18(25)15-5-2-8-26-15/h1-9,11H,(H,23,24,25). The van der Waals surface area contributed by atoms with Crippen LogP contribution in [0.1, 0.15) is 16.1 Å². The Balaban J connectivity index is 1.78.